The number of fused-ring (bicyclic) bond motifs is 2. The molecule has 0 saturated heterocycles. The van der Waals surface area contributed by atoms with Crippen LogP contribution in [0.2, 0.25) is 0 Å². The lowest BCUT2D eigenvalue weighted by molar-refractivity contribution is -0.173. The Morgan fingerprint density at radius 1 is 1.13 bits per heavy atom. The van der Waals surface area contributed by atoms with E-state index in [1.54, 1.807) is 48.5 Å². The molecule has 2 N–H and O–H groups in total. The van der Waals surface area contributed by atoms with E-state index in [9.17, 15) is 18.0 Å². The van der Waals surface area contributed by atoms with Crippen LogP contribution in [0.4, 0.5) is 24.7 Å². The molecule has 2 atom stereocenters. The van der Waals surface area contributed by atoms with E-state index < -0.39 is 24.2 Å². The molecule has 2 unspecified atom stereocenters. The largest absolute Gasteiger partial charge is 0.454 e. The van der Waals surface area contributed by atoms with Crippen molar-refractivity contribution >= 4 is 17.4 Å². The van der Waals surface area contributed by atoms with Crippen LogP contribution < -0.4 is 20.1 Å². The van der Waals surface area contributed by atoms with E-state index >= 15 is 0 Å². The predicted octanol–water partition coefficient (Wildman–Crippen LogP) is 4.52. The Balaban J connectivity index is 1.46. The second-order valence-corrected chi connectivity index (χ2v) is 7.27. The summed E-state index contributed by atoms with van der Waals surface area (Å²) >= 11 is 0. The minimum atomic E-state index is -4.51. The molecule has 1 amide bonds. The van der Waals surface area contributed by atoms with E-state index in [2.05, 4.69) is 15.7 Å². The summed E-state index contributed by atoms with van der Waals surface area (Å²) in [5.74, 6) is 0.485. The highest BCUT2D eigenvalue weighted by atomic mass is 19.4. The van der Waals surface area contributed by atoms with Crippen molar-refractivity contribution in [2.45, 2.75) is 24.7 Å². The summed E-state index contributed by atoms with van der Waals surface area (Å²) in [7, 11) is 0. The number of alkyl halides is 3. The average molecular weight is 430 g/mol. The molecule has 5 rings (SSSR count). The topological polar surface area (TPSA) is 77.4 Å². The Labute approximate surface area is 174 Å². The van der Waals surface area contributed by atoms with Gasteiger partial charge in [0.1, 0.15) is 11.4 Å². The zero-order chi connectivity index (χ0) is 21.6. The Hall–Kier alpha value is -3.69. The fraction of sp³-hybridized carbons (Fsp3) is 0.238. The number of nitrogens with zero attached hydrogens (tertiary/aromatic N) is 2. The van der Waals surface area contributed by atoms with E-state index in [1.807, 2.05) is 0 Å². The normalized spacial score (nSPS) is 19.5. The van der Waals surface area contributed by atoms with Crippen LogP contribution in [0.25, 0.3) is 0 Å². The fourth-order valence-corrected chi connectivity index (χ4v) is 3.81. The molecule has 0 radical (unpaired) electrons. The van der Waals surface area contributed by atoms with Crippen LogP contribution in [-0.4, -0.2) is 28.7 Å². The highest BCUT2D eigenvalue weighted by molar-refractivity contribution is 6.07. The number of rotatable bonds is 3. The van der Waals surface area contributed by atoms with Crippen LogP contribution in [-0.2, 0) is 0 Å². The van der Waals surface area contributed by atoms with Crippen LogP contribution in [0.3, 0.4) is 0 Å². The molecule has 3 heterocycles. The minimum absolute atomic E-state index is 0.0209. The zero-order valence-corrected chi connectivity index (χ0v) is 16.0. The molecular formula is C21H17F3N4O3. The maximum Gasteiger partial charge on any atom is 0.410 e. The number of halogens is 3. The highest BCUT2D eigenvalue weighted by Gasteiger charge is 2.47. The van der Waals surface area contributed by atoms with Crippen molar-refractivity contribution in [3.63, 3.8) is 0 Å². The first-order valence-electron chi connectivity index (χ1n) is 9.57. The fourth-order valence-electron chi connectivity index (χ4n) is 3.81. The van der Waals surface area contributed by atoms with Gasteiger partial charge in [-0.05, 0) is 17.7 Å². The van der Waals surface area contributed by atoms with Crippen molar-refractivity contribution in [1.82, 2.24) is 9.78 Å². The van der Waals surface area contributed by atoms with Gasteiger partial charge >= 0.3 is 6.18 Å². The Bertz CT molecular complexity index is 1130. The molecule has 0 fully saturated rings. The third-order valence-electron chi connectivity index (χ3n) is 5.32. The summed E-state index contributed by atoms with van der Waals surface area (Å²) in [6.07, 6.45) is -3.59. The third-order valence-corrected chi connectivity index (χ3v) is 5.32. The molecule has 0 spiro atoms. The lowest BCUT2D eigenvalue weighted by atomic mass is 9.96. The smallest absolute Gasteiger partial charge is 0.410 e. The molecule has 3 aromatic rings. The van der Waals surface area contributed by atoms with Gasteiger partial charge in [-0.25, -0.2) is 4.68 Å². The van der Waals surface area contributed by atoms with Gasteiger partial charge in [-0.3, -0.25) is 4.79 Å². The lowest BCUT2D eigenvalue weighted by Crippen LogP contribution is -2.36. The molecule has 31 heavy (non-hydrogen) atoms. The SMILES string of the molecule is O=C(Nc1ccc2c(c1)OCO2)c1cnn2c1NC(c1ccccc1)CC2C(F)(F)F. The number of ether oxygens (including phenoxy) is 2. The van der Waals surface area contributed by atoms with Gasteiger partial charge in [-0.1, -0.05) is 30.3 Å². The van der Waals surface area contributed by atoms with Gasteiger partial charge < -0.3 is 20.1 Å². The summed E-state index contributed by atoms with van der Waals surface area (Å²) < 4.78 is 52.7. The number of hydrogen-bond donors (Lipinski definition) is 2. The Morgan fingerprint density at radius 2 is 1.90 bits per heavy atom. The monoisotopic (exact) mass is 430 g/mol. The molecular weight excluding hydrogens is 413 g/mol. The standard InChI is InChI=1S/C21H17F3N4O3/c22-21(23,24)18-9-15(12-4-2-1-3-5-12)27-19-14(10-25-28(18)19)20(29)26-13-6-7-16-17(8-13)31-11-30-16/h1-8,10,15,18,27H,9,11H2,(H,26,29). The number of aromatic nitrogens is 2. The summed E-state index contributed by atoms with van der Waals surface area (Å²) in [6.45, 7) is 0.0906. The molecule has 2 aliphatic rings. The second-order valence-electron chi connectivity index (χ2n) is 7.27. The van der Waals surface area contributed by atoms with Gasteiger partial charge in [-0.2, -0.15) is 18.3 Å². The first-order chi connectivity index (χ1) is 14.9. The number of anilines is 2. The van der Waals surface area contributed by atoms with Crippen molar-refractivity contribution in [3.05, 3.63) is 65.9 Å². The van der Waals surface area contributed by atoms with Gasteiger partial charge in [-0.15, -0.1) is 0 Å². The number of carbonyl (C=O) groups is 1. The minimum Gasteiger partial charge on any atom is -0.454 e. The maximum atomic E-state index is 13.8. The van der Waals surface area contributed by atoms with Crippen molar-refractivity contribution in [2.24, 2.45) is 0 Å². The summed E-state index contributed by atoms with van der Waals surface area (Å²) in [6, 6.07) is 11.2. The summed E-state index contributed by atoms with van der Waals surface area (Å²) in [5, 5.41) is 9.63. The van der Waals surface area contributed by atoms with Gasteiger partial charge in [0.15, 0.2) is 17.5 Å². The van der Waals surface area contributed by atoms with E-state index in [0.717, 1.165) is 10.9 Å². The molecule has 160 valence electrons. The van der Waals surface area contributed by atoms with E-state index in [4.69, 9.17) is 9.47 Å². The molecule has 0 aliphatic carbocycles. The van der Waals surface area contributed by atoms with Crippen molar-refractivity contribution in [3.8, 4) is 11.5 Å². The molecule has 2 aromatic carbocycles. The zero-order valence-electron chi connectivity index (χ0n) is 16.0. The molecule has 0 saturated carbocycles. The quantitative estimate of drug-likeness (QED) is 0.639. The van der Waals surface area contributed by atoms with Crippen molar-refractivity contribution in [1.29, 1.82) is 0 Å². The van der Waals surface area contributed by atoms with Crippen LogP contribution >= 0.6 is 0 Å². The molecule has 2 aliphatic heterocycles. The van der Waals surface area contributed by atoms with Crippen molar-refractivity contribution in [2.75, 3.05) is 17.4 Å². The first kappa shape index (κ1) is 19.3. The van der Waals surface area contributed by atoms with Crippen LogP contribution in [0.15, 0.2) is 54.7 Å². The molecule has 10 heteroatoms. The van der Waals surface area contributed by atoms with Gasteiger partial charge in [0.25, 0.3) is 5.91 Å². The van der Waals surface area contributed by atoms with E-state index in [1.165, 1.54) is 0 Å². The lowest BCUT2D eigenvalue weighted by Gasteiger charge is -2.34. The van der Waals surface area contributed by atoms with Gasteiger partial charge in [0.2, 0.25) is 6.79 Å². The Morgan fingerprint density at radius 3 is 2.68 bits per heavy atom. The predicted molar refractivity (Wildman–Crippen MR) is 105 cm³/mol. The van der Waals surface area contributed by atoms with Gasteiger partial charge in [0.05, 0.1) is 12.2 Å². The number of hydrogen-bond acceptors (Lipinski definition) is 5. The summed E-state index contributed by atoms with van der Waals surface area (Å²) in [4.78, 5) is 12.9. The number of carbonyl (C=O) groups excluding carboxylic acids is 1. The number of amides is 1. The third kappa shape index (κ3) is 3.54. The second kappa shape index (κ2) is 7.22. The van der Waals surface area contributed by atoms with Crippen LogP contribution in [0.5, 0.6) is 11.5 Å². The maximum absolute atomic E-state index is 13.8. The molecule has 0 bridgehead atoms. The average Bonchev–Trinajstić information content (AvgIpc) is 3.39. The Kier molecular flexibility index (Phi) is 4.49. The molecule has 1 aromatic heterocycles. The van der Waals surface area contributed by atoms with E-state index in [0.29, 0.717) is 22.7 Å². The number of nitrogens with one attached hydrogen (secondary N) is 2. The van der Waals surface area contributed by atoms with Gasteiger partial charge in [0, 0.05) is 18.2 Å². The van der Waals surface area contributed by atoms with Crippen LogP contribution in [0.1, 0.15) is 34.4 Å². The van der Waals surface area contributed by atoms with Crippen LogP contribution in [0, 0.1) is 0 Å². The molecule has 7 nitrogen and oxygen atoms in total. The first-order valence-corrected chi connectivity index (χ1v) is 9.57. The highest BCUT2D eigenvalue weighted by Crippen LogP contribution is 2.44. The van der Waals surface area contributed by atoms with Crippen molar-refractivity contribution < 1.29 is 27.4 Å². The summed E-state index contributed by atoms with van der Waals surface area (Å²) in [5.41, 5.74) is 1.15. The van der Waals surface area contributed by atoms with E-state index in [-0.39, 0.29) is 24.6 Å². The number of benzene rings is 2.